The summed E-state index contributed by atoms with van der Waals surface area (Å²) in [4.78, 5) is 11.1. The fourth-order valence-electron chi connectivity index (χ4n) is 1.30. The number of nitro groups is 1. The van der Waals surface area contributed by atoms with Crippen LogP contribution in [0, 0.1) is 10.1 Å². The van der Waals surface area contributed by atoms with Crippen LogP contribution in [-0.4, -0.2) is 16.3 Å². The van der Waals surface area contributed by atoms with Crippen molar-refractivity contribution in [1.29, 1.82) is 0 Å². The van der Waals surface area contributed by atoms with Gasteiger partial charge in [0.25, 0.3) is 12.1 Å². The zero-order valence-corrected chi connectivity index (χ0v) is 9.30. The van der Waals surface area contributed by atoms with E-state index in [-0.39, 0.29) is 6.20 Å². The molecule has 1 heterocycles. The maximum absolute atomic E-state index is 12.7. The average Bonchev–Trinajstić information content (AvgIpc) is 2.23. The van der Waals surface area contributed by atoms with Gasteiger partial charge >= 0.3 is 12.5 Å². The van der Waals surface area contributed by atoms with E-state index < -0.39 is 46.6 Å². The molecular formula is C8H2F8N2O3. The van der Waals surface area contributed by atoms with Crippen molar-refractivity contribution in [3.63, 3.8) is 0 Å². The third-order valence-electron chi connectivity index (χ3n) is 1.96. The predicted octanol–water partition coefficient (Wildman–Crippen LogP) is 3.84. The fourth-order valence-corrected chi connectivity index (χ4v) is 1.30. The number of nitrogens with zero attached hydrogens (tertiary/aromatic N) is 2. The lowest BCUT2D eigenvalue weighted by molar-refractivity contribution is -0.389. The predicted molar refractivity (Wildman–Crippen MR) is 47.5 cm³/mol. The molecule has 0 saturated carbocycles. The van der Waals surface area contributed by atoms with Crippen LogP contribution >= 0.6 is 0 Å². The zero-order chi connectivity index (χ0) is 16.6. The summed E-state index contributed by atoms with van der Waals surface area (Å²) in [6, 6.07) is 0. The summed E-state index contributed by atoms with van der Waals surface area (Å²) in [5, 5.41) is 10.5. The minimum absolute atomic E-state index is 0.181. The van der Waals surface area contributed by atoms with Gasteiger partial charge in [0.2, 0.25) is 5.88 Å². The molecule has 1 aromatic heterocycles. The largest absolute Gasteiger partial charge is 0.574 e. The van der Waals surface area contributed by atoms with E-state index in [1.165, 1.54) is 0 Å². The second-order valence-corrected chi connectivity index (χ2v) is 3.35. The second kappa shape index (κ2) is 5.29. The van der Waals surface area contributed by atoms with Gasteiger partial charge in [-0.25, -0.2) is 13.8 Å². The summed E-state index contributed by atoms with van der Waals surface area (Å²) in [6.45, 7) is 0. The first-order chi connectivity index (χ1) is 9.34. The Labute approximate surface area is 109 Å². The molecule has 0 spiro atoms. The minimum atomic E-state index is -5.76. The van der Waals surface area contributed by atoms with Gasteiger partial charge in [-0.1, -0.05) is 0 Å². The normalized spacial score (nSPS) is 12.6. The van der Waals surface area contributed by atoms with Crippen LogP contribution in [0.15, 0.2) is 6.20 Å². The summed E-state index contributed by atoms with van der Waals surface area (Å²) >= 11 is 0. The van der Waals surface area contributed by atoms with E-state index in [4.69, 9.17) is 0 Å². The van der Waals surface area contributed by atoms with Crippen LogP contribution in [0.5, 0.6) is 5.88 Å². The lowest BCUT2D eigenvalue weighted by Gasteiger charge is -2.15. The van der Waals surface area contributed by atoms with E-state index in [0.29, 0.717) is 0 Å². The van der Waals surface area contributed by atoms with Crippen molar-refractivity contribution in [3.05, 3.63) is 27.4 Å². The Balaban J connectivity index is 3.69. The Bertz CT molecular complexity index is 554. The highest BCUT2D eigenvalue weighted by atomic mass is 19.4. The first-order valence-electron chi connectivity index (χ1n) is 4.63. The van der Waals surface area contributed by atoms with E-state index in [1.807, 2.05) is 0 Å². The van der Waals surface area contributed by atoms with Gasteiger partial charge in [0, 0.05) is 6.20 Å². The van der Waals surface area contributed by atoms with Gasteiger partial charge in [-0.05, 0) is 0 Å². The first-order valence-corrected chi connectivity index (χ1v) is 4.63. The monoisotopic (exact) mass is 326 g/mol. The van der Waals surface area contributed by atoms with Gasteiger partial charge in [0.15, 0.2) is 5.56 Å². The van der Waals surface area contributed by atoms with Crippen molar-refractivity contribution in [2.45, 2.75) is 19.0 Å². The van der Waals surface area contributed by atoms with Crippen LogP contribution in [0.1, 0.15) is 17.6 Å². The van der Waals surface area contributed by atoms with Crippen LogP contribution < -0.4 is 4.74 Å². The first kappa shape index (κ1) is 16.8. The van der Waals surface area contributed by atoms with Crippen LogP contribution in [0.4, 0.5) is 40.8 Å². The summed E-state index contributed by atoms with van der Waals surface area (Å²) < 4.78 is 102. The Morgan fingerprint density at radius 2 is 1.71 bits per heavy atom. The van der Waals surface area contributed by atoms with Gasteiger partial charge in [-0.3, -0.25) is 10.1 Å². The molecule has 1 aromatic rings. The molecule has 0 radical (unpaired) electrons. The number of pyridine rings is 1. The summed E-state index contributed by atoms with van der Waals surface area (Å²) in [6.07, 6.45) is -15.3. The number of aromatic nitrogens is 1. The smallest absolute Gasteiger partial charge is 0.387 e. The molecule has 118 valence electrons. The molecule has 0 aliphatic rings. The number of alkyl halides is 8. The van der Waals surface area contributed by atoms with Crippen molar-refractivity contribution < 1.29 is 44.8 Å². The lowest BCUT2D eigenvalue weighted by atomic mass is 10.1. The van der Waals surface area contributed by atoms with Crippen molar-refractivity contribution >= 4 is 5.69 Å². The van der Waals surface area contributed by atoms with E-state index in [2.05, 4.69) is 9.72 Å². The summed E-state index contributed by atoms with van der Waals surface area (Å²) in [5.74, 6) is -2.23. The second-order valence-electron chi connectivity index (χ2n) is 3.35. The van der Waals surface area contributed by atoms with Crippen LogP contribution in [0.2, 0.25) is 0 Å². The maximum atomic E-state index is 12.7. The quantitative estimate of drug-likeness (QED) is 0.481. The molecule has 0 aromatic carbocycles. The highest BCUT2D eigenvalue weighted by Crippen LogP contribution is 2.45. The maximum Gasteiger partial charge on any atom is 0.574 e. The highest BCUT2D eigenvalue weighted by Gasteiger charge is 2.48. The summed E-state index contributed by atoms with van der Waals surface area (Å²) in [7, 11) is 0. The van der Waals surface area contributed by atoms with E-state index in [0.717, 1.165) is 0 Å². The van der Waals surface area contributed by atoms with Gasteiger partial charge in [-0.15, -0.1) is 13.2 Å². The van der Waals surface area contributed by atoms with E-state index >= 15 is 0 Å². The molecule has 13 heteroatoms. The number of rotatable bonds is 3. The van der Waals surface area contributed by atoms with Gasteiger partial charge in [0.1, 0.15) is 5.56 Å². The number of hydrogen-bond acceptors (Lipinski definition) is 4. The Hall–Kier alpha value is -2.21. The Kier molecular flexibility index (Phi) is 4.24. The highest BCUT2D eigenvalue weighted by molar-refractivity contribution is 5.53. The van der Waals surface area contributed by atoms with Gasteiger partial charge in [-0.2, -0.15) is 13.2 Å². The Morgan fingerprint density at radius 3 is 2.05 bits per heavy atom. The van der Waals surface area contributed by atoms with Crippen LogP contribution in [0.25, 0.3) is 0 Å². The Morgan fingerprint density at radius 1 is 1.19 bits per heavy atom. The molecule has 0 N–H and O–H groups in total. The third kappa shape index (κ3) is 3.88. The molecule has 0 bridgehead atoms. The molecule has 0 aliphatic heterocycles. The molecular weight excluding hydrogens is 324 g/mol. The number of hydrogen-bond donors (Lipinski definition) is 0. The number of ether oxygens (including phenoxy) is 1. The molecule has 21 heavy (non-hydrogen) atoms. The van der Waals surface area contributed by atoms with Crippen LogP contribution in [-0.2, 0) is 6.18 Å². The number of halogens is 8. The standard InChI is InChI=1S/C8H2F8N2O3/c9-5(10)2-1-17-6(21-8(14,15)16)3(7(11,12)13)4(2)18(19)20/h1,5H. The SMILES string of the molecule is O=[N+]([O-])c1c(C(F)F)cnc(OC(F)(F)F)c1C(F)(F)F. The van der Waals surface area contributed by atoms with Crippen molar-refractivity contribution in [2.24, 2.45) is 0 Å². The van der Waals surface area contributed by atoms with Crippen molar-refractivity contribution in [3.8, 4) is 5.88 Å². The molecule has 0 unspecified atom stereocenters. The fraction of sp³-hybridized carbons (Fsp3) is 0.375. The topological polar surface area (TPSA) is 65.3 Å². The van der Waals surface area contributed by atoms with Crippen molar-refractivity contribution in [1.82, 2.24) is 4.98 Å². The van der Waals surface area contributed by atoms with E-state index in [1.54, 1.807) is 0 Å². The van der Waals surface area contributed by atoms with Gasteiger partial charge < -0.3 is 4.74 Å². The molecule has 0 saturated heterocycles. The van der Waals surface area contributed by atoms with E-state index in [9.17, 15) is 45.2 Å². The van der Waals surface area contributed by atoms with Crippen molar-refractivity contribution in [2.75, 3.05) is 0 Å². The van der Waals surface area contributed by atoms with Crippen LogP contribution in [0.3, 0.4) is 0 Å². The van der Waals surface area contributed by atoms with Gasteiger partial charge in [0.05, 0.1) is 4.92 Å². The third-order valence-corrected chi connectivity index (χ3v) is 1.96. The molecule has 0 fully saturated rings. The lowest BCUT2D eigenvalue weighted by Crippen LogP contribution is -2.22. The minimum Gasteiger partial charge on any atom is -0.387 e. The zero-order valence-electron chi connectivity index (χ0n) is 9.30. The molecule has 0 amide bonds. The molecule has 5 nitrogen and oxygen atoms in total. The summed E-state index contributed by atoms with van der Waals surface area (Å²) in [5.41, 5.74) is -6.66. The average molecular weight is 326 g/mol. The molecule has 0 atom stereocenters. The molecule has 1 rings (SSSR count). The molecule has 0 aliphatic carbocycles.